The van der Waals surface area contributed by atoms with Crippen LogP contribution in [0.4, 0.5) is 5.69 Å². The number of nitrogens with two attached hydrogens (primary N) is 1. The summed E-state index contributed by atoms with van der Waals surface area (Å²) in [6, 6.07) is 13.0. The van der Waals surface area contributed by atoms with Crippen LogP contribution in [0, 0.1) is 0 Å². The maximum atomic E-state index is 12.4. The molecule has 0 aliphatic carbocycles. The van der Waals surface area contributed by atoms with Crippen molar-refractivity contribution in [3.05, 3.63) is 59.2 Å². The van der Waals surface area contributed by atoms with Crippen LogP contribution in [0.3, 0.4) is 0 Å². The lowest BCUT2D eigenvalue weighted by Crippen LogP contribution is -2.16. The van der Waals surface area contributed by atoms with Crippen LogP contribution in [0.1, 0.15) is 34.5 Å². The summed E-state index contributed by atoms with van der Waals surface area (Å²) in [7, 11) is 0. The van der Waals surface area contributed by atoms with Crippen LogP contribution in [-0.4, -0.2) is 12.5 Å². The van der Waals surface area contributed by atoms with Gasteiger partial charge in [0.15, 0.2) is 0 Å². The molecule has 0 bridgehead atoms. The van der Waals surface area contributed by atoms with Gasteiger partial charge in [0, 0.05) is 23.7 Å². The van der Waals surface area contributed by atoms with Gasteiger partial charge >= 0.3 is 0 Å². The molecule has 1 atom stereocenters. The number of carbonyl (C=O) groups excluding carboxylic acids is 1. The van der Waals surface area contributed by atoms with Crippen LogP contribution < -0.4 is 15.8 Å². The number of hydrogen-bond donors (Lipinski definition) is 2. The van der Waals surface area contributed by atoms with E-state index >= 15 is 0 Å². The molecule has 108 valence electrons. The van der Waals surface area contributed by atoms with Gasteiger partial charge in [-0.2, -0.15) is 0 Å². The van der Waals surface area contributed by atoms with Crippen molar-refractivity contribution in [2.75, 3.05) is 11.9 Å². The number of fused-ring (bicyclic) bond motifs is 1. The predicted octanol–water partition coefficient (Wildman–Crippen LogP) is 2.89. The maximum absolute atomic E-state index is 12.4. The number of hydrogen-bond acceptors (Lipinski definition) is 3. The van der Waals surface area contributed by atoms with E-state index in [1.165, 1.54) is 0 Å². The van der Waals surface area contributed by atoms with Crippen molar-refractivity contribution in [2.45, 2.75) is 19.4 Å². The lowest BCUT2D eigenvalue weighted by Gasteiger charge is -2.13. The first-order chi connectivity index (χ1) is 10.1. The van der Waals surface area contributed by atoms with E-state index < -0.39 is 0 Å². The second-order valence-electron chi connectivity index (χ2n) is 5.25. The van der Waals surface area contributed by atoms with Crippen molar-refractivity contribution in [3.63, 3.8) is 0 Å². The fourth-order valence-corrected chi connectivity index (χ4v) is 2.53. The van der Waals surface area contributed by atoms with E-state index in [1.807, 2.05) is 43.3 Å². The molecule has 1 amide bonds. The van der Waals surface area contributed by atoms with Gasteiger partial charge in [-0.05, 0) is 42.3 Å². The van der Waals surface area contributed by atoms with Crippen LogP contribution >= 0.6 is 0 Å². The largest absolute Gasteiger partial charge is 0.493 e. The van der Waals surface area contributed by atoms with Gasteiger partial charge in [-0.1, -0.05) is 18.2 Å². The normalized spacial score (nSPS) is 14.2. The summed E-state index contributed by atoms with van der Waals surface area (Å²) >= 11 is 0. The third-order valence-electron chi connectivity index (χ3n) is 3.65. The Labute approximate surface area is 123 Å². The van der Waals surface area contributed by atoms with Gasteiger partial charge < -0.3 is 15.8 Å². The Morgan fingerprint density at radius 3 is 2.90 bits per heavy atom. The first kappa shape index (κ1) is 13.6. The van der Waals surface area contributed by atoms with E-state index in [9.17, 15) is 4.79 Å². The van der Waals surface area contributed by atoms with E-state index in [-0.39, 0.29) is 11.9 Å². The molecule has 1 unspecified atom stereocenters. The molecule has 21 heavy (non-hydrogen) atoms. The molecule has 3 N–H and O–H groups in total. The van der Waals surface area contributed by atoms with E-state index in [0.717, 1.165) is 29.0 Å². The van der Waals surface area contributed by atoms with E-state index in [4.69, 9.17) is 10.5 Å². The first-order valence-corrected chi connectivity index (χ1v) is 7.07. The molecule has 3 rings (SSSR count). The topological polar surface area (TPSA) is 64.3 Å². The van der Waals surface area contributed by atoms with Crippen LogP contribution in [0.5, 0.6) is 5.75 Å². The molecule has 0 aromatic heterocycles. The molecule has 0 radical (unpaired) electrons. The first-order valence-electron chi connectivity index (χ1n) is 7.07. The molecule has 1 aliphatic heterocycles. The van der Waals surface area contributed by atoms with Crippen LogP contribution in [-0.2, 0) is 6.42 Å². The van der Waals surface area contributed by atoms with Gasteiger partial charge in [-0.15, -0.1) is 0 Å². The SMILES string of the molecule is CC(N)c1ccccc1NC(=O)c1ccc2c(c1)CCO2. The van der Waals surface area contributed by atoms with E-state index in [1.54, 1.807) is 6.07 Å². The molecular formula is C17H18N2O2. The molecule has 1 heterocycles. The van der Waals surface area contributed by atoms with Crippen molar-refractivity contribution < 1.29 is 9.53 Å². The third kappa shape index (κ3) is 2.76. The molecule has 1 aliphatic rings. The molecule has 0 saturated heterocycles. The van der Waals surface area contributed by atoms with Gasteiger partial charge in [-0.3, -0.25) is 4.79 Å². The van der Waals surface area contributed by atoms with Crippen molar-refractivity contribution in [1.29, 1.82) is 0 Å². The summed E-state index contributed by atoms with van der Waals surface area (Å²) in [5.41, 5.74) is 9.34. The van der Waals surface area contributed by atoms with Crippen molar-refractivity contribution in [1.82, 2.24) is 0 Å². The number of nitrogens with one attached hydrogen (secondary N) is 1. The van der Waals surface area contributed by atoms with E-state index in [2.05, 4.69) is 5.32 Å². The molecule has 0 fully saturated rings. The lowest BCUT2D eigenvalue weighted by atomic mass is 10.1. The third-order valence-corrected chi connectivity index (χ3v) is 3.65. The molecule has 2 aromatic carbocycles. The highest BCUT2D eigenvalue weighted by molar-refractivity contribution is 6.05. The van der Waals surface area contributed by atoms with Gasteiger partial charge in [-0.25, -0.2) is 0 Å². The van der Waals surface area contributed by atoms with Gasteiger partial charge in [0.2, 0.25) is 0 Å². The molecule has 4 heteroatoms. The molecule has 0 spiro atoms. The predicted molar refractivity (Wildman–Crippen MR) is 82.6 cm³/mol. The van der Waals surface area contributed by atoms with Crippen molar-refractivity contribution in [3.8, 4) is 5.75 Å². The standard InChI is InChI=1S/C17H18N2O2/c1-11(18)14-4-2-3-5-15(14)19-17(20)13-6-7-16-12(10-13)8-9-21-16/h2-7,10-11H,8-9,18H2,1H3,(H,19,20). The Bertz CT molecular complexity index is 680. The van der Waals surface area contributed by atoms with Gasteiger partial charge in [0.25, 0.3) is 5.91 Å². The Hall–Kier alpha value is -2.33. The highest BCUT2D eigenvalue weighted by Gasteiger charge is 2.16. The number of ether oxygens (including phenoxy) is 1. The summed E-state index contributed by atoms with van der Waals surface area (Å²) < 4.78 is 5.45. The Balaban J connectivity index is 1.84. The van der Waals surface area contributed by atoms with E-state index in [0.29, 0.717) is 12.2 Å². The Morgan fingerprint density at radius 1 is 1.29 bits per heavy atom. The lowest BCUT2D eigenvalue weighted by molar-refractivity contribution is 0.102. The maximum Gasteiger partial charge on any atom is 0.255 e. The minimum Gasteiger partial charge on any atom is -0.493 e. The fraction of sp³-hybridized carbons (Fsp3) is 0.235. The number of para-hydroxylation sites is 1. The zero-order valence-electron chi connectivity index (χ0n) is 11.9. The Morgan fingerprint density at radius 2 is 2.10 bits per heavy atom. The quantitative estimate of drug-likeness (QED) is 0.909. The van der Waals surface area contributed by atoms with Crippen LogP contribution in [0.15, 0.2) is 42.5 Å². The van der Waals surface area contributed by atoms with Crippen LogP contribution in [0.25, 0.3) is 0 Å². The molecular weight excluding hydrogens is 264 g/mol. The number of carbonyl (C=O) groups is 1. The summed E-state index contributed by atoms with van der Waals surface area (Å²) in [6.45, 7) is 2.59. The summed E-state index contributed by atoms with van der Waals surface area (Å²) in [5, 5.41) is 2.94. The number of benzene rings is 2. The summed E-state index contributed by atoms with van der Waals surface area (Å²) in [6.07, 6.45) is 0.854. The zero-order chi connectivity index (χ0) is 14.8. The molecule has 0 saturated carbocycles. The van der Waals surface area contributed by atoms with Crippen LogP contribution in [0.2, 0.25) is 0 Å². The molecule has 4 nitrogen and oxygen atoms in total. The van der Waals surface area contributed by atoms with Gasteiger partial charge in [0.05, 0.1) is 6.61 Å². The second-order valence-corrected chi connectivity index (χ2v) is 5.25. The summed E-state index contributed by atoms with van der Waals surface area (Å²) in [5.74, 6) is 0.750. The average Bonchev–Trinajstić information content (AvgIpc) is 2.94. The highest BCUT2D eigenvalue weighted by Crippen LogP contribution is 2.27. The second kappa shape index (κ2) is 5.58. The number of anilines is 1. The number of amides is 1. The smallest absolute Gasteiger partial charge is 0.255 e. The number of rotatable bonds is 3. The zero-order valence-corrected chi connectivity index (χ0v) is 11.9. The van der Waals surface area contributed by atoms with Crippen molar-refractivity contribution in [2.24, 2.45) is 5.73 Å². The molecule has 2 aromatic rings. The fourth-order valence-electron chi connectivity index (χ4n) is 2.53. The average molecular weight is 282 g/mol. The minimum atomic E-state index is -0.130. The minimum absolute atomic E-state index is 0.127. The monoisotopic (exact) mass is 282 g/mol. The summed E-state index contributed by atoms with van der Waals surface area (Å²) in [4.78, 5) is 12.4. The van der Waals surface area contributed by atoms with Gasteiger partial charge in [0.1, 0.15) is 5.75 Å². The van der Waals surface area contributed by atoms with Crippen molar-refractivity contribution >= 4 is 11.6 Å². The Kier molecular flexibility index (Phi) is 3.62. The highest BCUT2D eigenvalue weighted by atomic mass is 16.5.